The lowest BCUT2D eigenvalue weighted by molar-refractivity contribution is -0.137. The van der Waals surface area contributed by atoms with E-state index in [1.54, 1.807) is 30.3 Å². The van der Waals surface area contributed by atoms with Gasteiger partial charge >= 0.3 is 5.97 Å². The van der Waals surface area contributed by atoms with Crippen LogP contribution in [0.4, 0.5) is 0 Å². The maximum absolute atomic E-state index is 12.7. The largest absolute Gasteiger partial charge is 0.480 e. The molecule has 0 atom stereocenters. The van der Waals surface area contributed by atoms with Gasteiger partial charge in [-0.15, -0.1) is 0 Å². The topological polar surface area (TPSA) is 71.8 Å². The number of carbonyl (C=O) groups excluding carboxylic acids is 1. The summed E-state index contributed by atoms with van der Waals surface area (Å²) in [5.74, 6) is -1.11. The Morgan fingerprint density at radius 3 is 2.57 bits per heavy atom. The molecule has 6 heteroatoms. The van der Waals surface area contributed by atoms with Crippen LogP contribution in [0.5, 0.6) is 0 Å². The Morgan fingerprint density at radius 2 is 2.05 bits per heavy atom. The molecular formula is C15H24N2O4. The van der Waals surface area contributed by atoms with Gasteiger partial charge in [0.05, 0.1) is 6.61 Å². The van der Waals surface area contributed by atoms with Gasteiger partial charge in [-0.05, 0) is 25.0 Å². The van der Waals surface area contributed by atoms with Gasteiger partial charge in [-0.3, -0.25) is 9.59 Å². The van der Waals surface area contributed by atoms with Crippen molar-refractivity contribution < 1.29 is 19.4 Å². The number of amides is 1. The number of hydrogen-bond acceptors (Lipinski definition) is 3. The Morgan fingerprint density at radius 1 is 1.38 bits per heavy atom. The van der Waals surface area contributed by atoms with Gasteiger partial charge in [-0.1, -0.05) is 13.8 Å². The van der Waals surface area contributed by atoms with Crippen LogP contribution in [-0.4, -0.2) is 52.8 Å². The smallest absolute Gasteiger partial charge is 0.323 e. The summed E-state index contributed by atoms with van der Waals surface area (Å²) in [5.41, 5.74) is 0.403. The van der Waals surface area contributed by atoms with Crippen LogP contribution < -0.4 is 0 Å². The Labute approximate surface area is 125 Å². The predicted octanol–water partition coefficient (Wildman–Crippen LogP) is 1.85. The quantitative estimate of drug-likeness (QED) is 0.755. The van der Waals surface area contributed by atoms with E-state index < -0.39 is 5.97 Å². The van der Waals surface area contributed by atoms with Crippen LogP contribution in [0.15, 0.2) is 18.3 Å². The van der Waals surface area contributed by atoms with E-state index in [4.69, 9.17) is 9.84 Å². The molecule has 0 aliphatic carbocycles. The number of aliphatic carboxylic acids is 1. The molecule has 0 bridgehead atoms. The highest BCUT2D eigenvalue weighted by atomic mass is 16.5. The molecule has 0 unspecified atom stereocenters. The van der Waals surface area contributed by atoms with Crippen LogP contribution in [0.1, 0.15) is 37.2 Å². The average Bonchev–Trinajstić information content (AvgIpc) is 2.90. The zero-order chi connectivity index (χ0) is 15.8. The van der Waals surface area contributed by atoms with Crippen molar-refractivity contribution in [2.45, 2.75) is 39.3 Å². The minimum atomic E-state index is -0.966. The minimum absolute atomic E-state index is 0.126. The van der Waals surface area contributed by atoms with Crippen molar-refractivity contribution in [1.29, 1.82) is 0 Å². The molecule has 0 spiro atoms. The minimum Gasteiger partial charge on any atom is -0.480 e. The molecule has 6 nitrogen and oxygen atoms in total. The van der Waals surface area contributed by atoms with Crippen molar-refractivity contribution in [2.75, 3.05) is 20.3 Å². The first-order valence-corrected chi connectivity index (χ1v) is 7.21. The fourth-order valence-electron chi connectivity index (χ4n) is 2.41. The first-order valence-electron chi connectivity index (χ1n) is 7.21. The maximum Gasteiger partial charge on any atom is 0.323 e. The fourth-order valence-corrected chi connectivity index (χ4v) is 2.41. The highest BCUT2D eigenvalue weighted by molar-refractivity contribution is 5.93. The lowest BCUT2D eigenvalue weighted by Crippen LogP contribution is -2.42. The fraction of sp³-hybridized carbons (Fsp3) is 0.600. The van der Waals surface area contributed by atoms with E-state index in [1.165, 1.54) is 4.57 Å². The number of carbonyl (C=O) groups is 2. The average molecular weight is 296 g/mol. The number of hydrogen-bond donors (Lipinski definition) is 1. The van der Waals surface area contributed by atoms with Crippen molar-refractivity contribution >= 4 is 11.9 Å². The van der Waals surface area contributed by atoms with Crippen LogP contribution >= 0.6 is 0 Å². The number of carboxylic acids is 1. The molecule has 1 amide bonds. The summed E-state index contributed by atoms with van der Waals surface area (Å²) in [4.78, 5) is 25.4. The third-order valence-corrected chi connectivity index (χ3v) is 3.53. The molecule has 1 aromatic heterocycles. The Bertz CT molecular complexity index is 466. The lowest BCUT2D eigenvalue weighted by Gasteiger charge is -2.30. The van der Waals surface area contributed by atoms with Crippen molar-refractivity contribution in [2.24, 2.45) is 0 Å². The van der Waals surface area contributed by atoms with Crippen molar-refractivity contribution in [1.82, 2.24) is 9.47 Å². The summed E-state index contributed by atoms with van der Waals surface area (Å²) >= 11 is 0. The molecule has 0 fully saturated rings. The molecule has 0 aromatic carbocycles. The molecule has 0 radical (unpaired) electrons. The molecule has 1 rings (SSSR count). The summed E-state index contributed by atoms with van der Waals surface area (Å²) in [7, 11) is 1.60. The van der Waals surface area contributed by atoms with Gasteiger partial charge in [0.25, 0.3) is 5.91 Å². The first-order chi connectivity index (χ1) is 10.0. The number of rotatable bonds is 9. The second kappa shape index (κ2) is 8.46. The zero-order valence-electron chi connectivity index (χ0n) is 12.9. The second-order valence-electron chi connectivity index (χ2n) is 4.88. The number of carboxylic acid groups (broad SMARTS) is 1. The van der Waals surface area contributed by atoms with E-state index in [-0.39, 0.29) is 18.5 Å². The van der Waals surface area contributed by atoms with Gasteiger partial charge in [0.2, 0.25) is 0 Å². The Balaban J connectivity index is 2.98. The van der Waals surface area contributed by atoms with Gasteiger partial charge in [-0.25, -0.2) is 0 Å². The van der Waals surface area contributed by atoms with Gasteiger partial charge in [0.1, 0.15) is 12.2 Å². The third kappa shape index (κ3) is 4.60. The van der Waals surface area contributed by atoms with E-state index in [0.29, 0.717) is 18.8 Å². The maximum atomic E-state index is 12.7. The van der Waals surface area contributed by atoms with Crippen molar-refractivity contribution in [3.8, 4) is 0 Å². The second-order valence-corrected chi connectivity index (χ2v) is 4.88. The van der Waals surface area contributed by atoms with Crippen molar-refractivity contribution in [3.05, 3.63) is 24.0 Å². The summed E-state index contributed by atoms with van der Waals surface area (Å²) in [6, 6.07) is 3.48. The molecule has 1 N–H and O–H groups in total. The Kier molecular flexibility index (Phi) is 6.94. The molecule has 1 aromatic rings. The van der Waals surface area contributed by atoms with Gasteiger partial charge < -0.3 is 19.3 Å². The molecular weight excluding hydrogens is 272 g/mol. The van der Waals surface area contributed by atoms with Crippen LogP contribution in [0.25, 0.3) is 0 Å². The van der Waals surface area contributed by atoms with Gasteiger partial charge in [-0.2, -0.15) is 0 Å². The molecule has 0 aliphatic rings. The van der Waals surface area contributed by atoms with E-state index in [9.17, 15) is 9.59 Å². The highest BCUT2D eigenvalue weighted by Gasteiger charge is 2.24. The van der Waals surface area contributed by atoms with Crippen LogP contribution in [0.2, 0.25) is 0 Å². The predicted molar refractivity (Wildman–Crippen MR) is 79.4 cm³/mol. The van der Waals surface area contributed by atoms with Crippen molar-refractivity contribution in [3.63, 3.8) is 0 Å². The molecule has 1 heterocycles. The highest BCUT2D eigenvalue weighted by Crippen LogP contribution is 2.14. The normalized spacial score (nSPS) is 10.9. The lowest BCUT2D eigenvalue weighted by atomic mass is 10.1. The summed E-state index contributed by atoms with van der Waals surface area (Å²) < 4.78 is 6.54. The molecule has 0 saturated carbocycles. The molecule has 118 valence electrons. The van der Waals surface area contributed by atoms with Gasteiger partial charge in [0, 0.05) is 25.9 Å². The first kappa shape index (κ1) is 17.2. The monoisotopic (exact) mass is 296 g/mol. The van der Waals surface area contributed by atoms with Crippen LogP contribution in [0.3, 0.4) is 0 Å². The summed E-state index contributed by atoms with van der Waals surface area (Å²) in [5, 5.41) is 8.91. The number of ether oxygens (including phenoxy) is 1. The molecule has 0 saturated heterocycles. The summed E-state index contributed by atoms with van der Waals surface area (Å²) in [6.45, 7) is 4.83. The van der Waals surface area contributed by atoms with Crippen LogP contribution in [0, 0.1) is 0 Å². The summed E-state index contributed by atoms with van der Waals surface area (Å²) in [6.07, 6.45) is 3.32. The SMILES string of the molecule is CCC(CC)N(CCOC)C(=O)c1cccn1CC(=O)O. The number of aromatic nitrogens is 1. The molecule has 0 aliphatic heterocycles. The van der Waals surface area contributed by atoms with E-state index >= 15 is 0 Å². The Hall–Kier alpha value is -1.82. The molecule has 21 heavy (non-hydrogen) atoms. The number of nitrogens with zero attached hydrogens (tertiary/aromatic N) is 2. The van der Waals surface area contributed by atoms with Gasteiger partial charge in [0.15, 0.2) is 0 Å². The zero-order valence-corrected chi connectivity index (χ0v) is 12.9. The standard InChI is InChI=1S/C15H24N2O4/c1-4-12(5-2)17(9-10-21-3)15(20)13-7-6-8-16(13)11-14(18)19/h6-8,12H,4-5,9-11H2,1-3H3,(H,18,19). The van der Waals surface area contributed by atoms with E-state index in [1.807, 2.05) is 13.8 Å². The van der Waals surface area contributed by atoms with Crippen LogP contribution in [-0.2, 0) is 16.1 Å². The van der Waals surface area contributed by atoms with E-state index in [2.05, 4.69) is 0 Å². The number of methoxy groups -OCH3 is 1. The van der Waals surface area contributed by atoms with E-state index in [0.717, 1.165) is 12.8 Å². The third-order valence-electron chi connectivity index (χ3n) is 3.53.